The van der Waals surface area contributed by atoms with E-state index in [9.17, 15) is 17.6 Å². The first kappa shape index (κ1) is 22.5. The highest BCUT2D eigenvalue weighted by Gasteiger charge is 2.29. The summed E-state index contributed by atoms with van der Waals surface area (Å²) in [5, 5.41) is 3.29. The standard InChI is InChI=1S/C21H21FN4O4S2/c1-31-21-23-14-18(26(21)16-5-3-2-4-6-16)20(27)24-15-7-8-17(22)19(13-15)32(28,29)25-9-11-30-12-10-25/h2-8,13-14H,9-12H2,1H3,(H,24,27). The molecule has 0 bridgehead atoms. The van der Waals surface area contributed by atoms with Gasteiger partial charge in [0.15, 0.2) is 5.16 Å². The first-order valence-corrected chi connectivity index (χ1v) is 12.4. The van der Waals surface area contributed by atoms with Gasteiger partial charge in [-0.05, 0) is 36.6 Å². The number of para-hydroxylation sites is 1. The van der Waals surface area contributed by atoms with Crippen LogP contribution in [-0.2, 0) is 14.8 Å². The van der Waals surface area contributed by atoms with Crippen LogP contribution in [-0.4, -0.2) is 60.7 Å². The van der Waals surface area contributed by atoms with Gasteiger partial charge in [-0.2, -0.15) is 4.31 Å². The second kappa shape index (κ2) is 9.41. The molecular weight excluding hydrogens is 455 g/mol. The van der Waals surface area contributed by atoms with Gasteiger partial charge in [-0.15, -0.1) is 0 Å². The minimum atomic E-state index is -4.06. The van der Waals surface area contributed by atoms with Gasteiger partial charge >= 0.3 is 0 Å². The molecule has 0 atom stereocenters. The summed E-state index contributed by atoms with van der Waals surface area (Å²) in [6.45, 7) is 0.787. The molecule has 11 heteroatoms. The summed E-state index contributed by atoms with van der Waals surface area (Å²) < 4.78 is 48.3. The van der Waals surface area contributed by atoms with Crippen molar-refractivity contribution in [3.05, 3.63) is 66.2 Å². The zero-order valence-electron chi connectivity index (χ0n) is 17.2. The molecule has 1 N–H and O–H groups in total. The number of halogens is 1. The van der Waals surface area contributed by atoms with Gasteiger partial charge in [-0.3, -0.25) is 9.36 Å². The molecule has 0 spiro atoms. The molecule has 2 heterocycles. The van der Waals surface area contributed by atoms with E-state index in [4.69, 9.17) is 4.74 Å². The fourth-order valence-electron chi connectivity index (χ4n) is 3.37. The molecule has 1 aliphatic heterocycles. The van der Waals surface area contributed by atoms with Crippen molar-refractivity contribution in [3.8, 4) is 5.69 Å². The number of rotatable bonds is 6. The number of hydrogen-bond acceptors (Lipinski definition) is 6. The van der Waals surface area contributed by atoms with Gasteiger partial charge in [0, 0.05) is 24.5 Å². The number of carbonyl (C=O) groups is 1. The molecule has 1 amide bonds. The number of amides is 1. The number of hydrogen-bond donors (Lipinski definition) is 1. The minimum Gasteiger partial charge on any atom is -0.379 e. The summed E-state index contributed by atoms with van der Waals surface area (Å²) in [6, 6.07) is 12.8. The van der Waals surface area contributed by atoms with Crippen LogP contribution < -0.4 is 5.32 Å². The number of nitrogens with zero attached hydrogens (tertiary/aromatic N) is 3. The monoisotopic (exact) mass is 476 g/mol. The van der Waals surface area contributed by atoms with Gasteiger partial charge in [0.1, 0.15) is 16.4 Å². The molecule has 3 aromatic rings. The lowest BCUT2D eigenvalue weighted by molar-refractivity contribution is 0.0729. The van der Waals surface area contributed by atoms with Crippen LogP contribution in [0.25, 0.3) is 5.69 Å². The largest absolute Gasteiger partial charge is 0.379 e. The second-order valence-corrected chi connectivity index (χ2v) is 9.60. The maximum Gasteiger partial charge on any atom is 0.274 e. The van der Waals surface area contributed by atoms with Crippen molar-refractivity contribution in [1.82, 2.24) is 13.9 Å². The normalized spacial score (nSPS) is 14.9. The van der Waals surface area contributed by atoms with E-state index in [1.165, 1.54) is 28.3 Å². The van der Waals surface area contributed by atoms with E-state index >= 15 is 0 Å². The first-order valence-electron chi connectivity index (χ1n) is 9.78. The number of nitrogens with one attached hydrogen (secondary N) is 1. The number of ether oxygens (including phenoxy) is 1. The van der Waals surface area contributed by atoms with Crippen molar-refractivity contribution in [1.29, 1.82) is 0 Å². The number of morpholine rings is 1. The Balaban J connectivity index is 1.64. The third-order valence-electron chi connectivity index (χ3n) is 4.94. The Bertz CT molecular complexity index is 1230. The van der Waals surface area contributed by atoms with Gasteiger partial charge in [0.2, 0.25) is 10.0 Å². The van der Waals surface area contributed by atoms with Crippen molar-refractivity contribution in [2.24, 2.45) is 0 Å². The third-order valence-corrected chi connectivity index (χ3v) is 7.50. The van der Waals surface area contributed by atoms with E-state index in [-0.39, 0.29) is 37.7 Å². The number of sulfonamides is 1. The van der Waals surface area contributed by atoms with E-state index in [1.807, 2.05) is 36.6 Å². The molecule has 8 nitrogen and oxygen atoms in total. The summed E-state index contributed by atoms with van der Waals surface area (Å²) in [7, 11) is -4.06. The van der Waals surface area contributed by atoms with E-state index < -0.39 is 26.6 Å². The fourth-order valence-corrected chi connectivity index (χ4v) is 5.41. The predicted molar refractivity (Wildman–Crippen MR) is 119 cm³/mol. The molecule has 1 aliphatic rings. The lowest BCUT2D eigenvalue weighted by Crippen LogP contribution is -2.40. The summed E-state index contributed by atoms with van der Waals surface area (Å²) in [4.78, 5) is 16.8. The highest BCUT2D eigenvalue weighted by Crippen LogP contribution is 2.26. The van der Waals surface area contributed by atoms with Gasteiger partial charge in [-0.1, -0.05) is 30.0 Å². The summed E-state index contributed by atoms with van der Waals surface area (Å²) in [6.07, 6.45) is 3.30. The fraction of sp³-hybridized carbons (Fsp3) is 0.238. The Hall–Kier alpha value is -2.73. The van der Waals surface area contributed by atoms with Crippen molar-refractivity contribution >= 4 is 33.4 Å². The van der Waals surface area contributed by atoms with Crippen LogP contribution >= 0.6 is 11.8 Å². The quantitative estimate of drug-likeness (QED) is 0.550. The highest BCUT2D eigenvalue weighted by atomic mass is 32.2. The molecule has 32 heavy (non-hydrogen) atoms. The van der Waals surface area contributed by atoms with Gasteiger partial charge in [-0.25, -0.2) is 17.8 Å². The Morgan fingerprint density at radius 3 is 2.56 bits per heavy atom. The van der Waals surface area contributed by atoms with Crippen LogP contribution in [0.15, 0.2) is 64.8 Å². The molecular formula is C21H21FN4O4S2. The highest BCUT2D eigenvalue weighted by molar-refractivity contribution is 7.98. The number of imidazole rings is 1. The zero-order valence-corrected chi connectivity index (χ0v) is 18.8. The van der Waals surface area contributed by atoms with Crippen LogP contribution in [0, 0.1) is 5.82 Å². The molecule has 4 rings (SSSR count). The van der Waals surface area contributed by atoms with Crippen LogP contribution in [0.3, 0.4) is 0 Å². The average molecular weight is 477 g/mol. The topological polar surface area (TPSA) is 93.5 Å². The van der Waals surface area contributed by atoms with Crippen molar-refractivity contribution < 1.29 is 22.3 Å². The van der Waals surface area contributed by atoms with Crippen LogP contribution in [0.1, 0.15) is 10.5 Å². The van der Waals surface area contributed by atoms with Gasteiger partial charge in [0.25, 0.3) is 5.91 Å². The number of benzene rings is 2. The van der Waals surface area contributed by atoms with Crippen molar-refractivity contribution in [2.75, 3.05) is 37.9 Å². The second-order valence-electron chi connectivity index (χ2n) is 6.92. The Kier molecular flexibility index (Phi) is 6.60. The summed E-state index contributed by atoms with van der Waals surface area (Å²) >= 11 is 1.39. The van der Waals surface area contributed by atoms with Crippen LogP contribution in [0.5, 0.6) is 0 Å². The molecule has 1 saturated heterocycles. The van der Waals surface area contributed by atoms with Gasteiger partial charge in [0.05, 0.1) is 19.4 Å². The number of thioether (sulfide) groups is 1. The lowest BCUT2D eigenvalue weighted by Gasteiger charge is -2.26. The van der Waals surface area contributed by atoms with Crippen LogP contribution in [0.2, 0.25) is 0 Å². The van der Waals surface area contributed by atoms with E-state index in [0.717, 1.165) is 17.8 Å². The SMILES string of the molecule is CSc1ncc(C(=O)Nc2ccc(F)c(S(=O)(=O)N3CCOCC3)c2)n1-c1ccccc1. The molecule has 0 saturated carbocycles. The first-order chi connectivity index (χ1) is 15.4. The number of aromatic nitrogens is 2. The van der Waals surface area contributed by atoms with Crippen LogP contribution in [0.4, 0.5) is 10.1 Å². The van der Waals surface area contributed by atoms with E-state index in [2.05, 4.69) is 10.3 Å². The number of carbonyl (C=O) groups excluding carboxylic acids is 1. The van der Waals surface area contributed by atoms with Gasteiger partial charge < -0.3 is 10.1 Å². The maximum atomic E-state index is 14.4. The molecule has 0 aliphatic carbocycles. The lowest BCUT2D eigenvalue weighted by atomic mass is 10.3. The maximum absolute atomic E-state index is 14.4. The molecule has 168 valence electrons. The molecule has 1 fully saturated rings. The van der Waals surface area contributed by atoms with E-state index in [0.29, 0.717) is 5.16 Å². The Morgan fingerprint density at radius 2 is 1.88 bits per heavy atom. The molecule has 1 aromatic heterocycles. The summed E-state index contributed by atoms with van der Waals surface area (Å²) in [5.74, 6) is -1.38. The Labute approximate surface area is 189 Å². The predicted octanol–water partition coefficient (Wildman–Crippen LogP) is 3.01. The smallest absolute Gasteiger partial charge is 0.274 e. The molecule has 0 unspecified atom stereocenters. The third kappa shape index (κ3) is 4.42. The van der Waals surface area contributed by atoms with Crippen molar-refractivity contribution in [2.45, 2.75) is 10.1 Å². The Morgan fingerprint density at radius 1 is 1.16 bits per heavy atom. The molecule has 2 aromatic carbocycles. The van der Waals surface area contributed by atoms with E-state index in [1.54, 1.807) is 4.57 Å². The zero-order chi connectivity index (χ0) is 22.7. The minimum absolute atomic E-state index is 0.145. The molecule has 0 radical (unpaired) electrons. The average Bonchev–Trinajstić information content (AvgIpc) is 3.26. The summed E-state index contributed by atoms with van der Waals surface area (Å²) in [5.41, 5.74) is 1.19. The van der Waals surface area contributed by atoms with Crippen molar-refractivity contribution in [3.63, 3.8) is 0 Å². The number of anilines is 1.